The average Bonchev–Trinajstić information content (AvgIpc) is 3.45. The molecule has 5 rings (SSSR count). The van der Waals surface area contributed by atoms with E-state index < -0.39 is 23.1 Å². The van der Waals surface area contributed by atoms with Gasteiger partial charge in [-0.25, -0.2) is 18.7 Å². The molecule has 0 fully saturated rings. The number of carbonyl (C=O) groups excluding carboxylic acids is 1. The number of imidazole rings is 1. The highest BCUT2D eigenvalue weighted by Crippen LogP contribution is 2.32. The van der Waals surface area contributed by atoms with Gasteiger partial charge in [0.25, 0.3) is 5.91 Å². The van der Waals surface area contributed by atoms with Crippen molar-refractivity contribution in [2.75, 3.05) is 5.32 Å². The van der Waals surface area contributed by atoms with Crippen molar-refractivity contribution in [3.8, 4) is 22.6 Å². The zero-order valence-corrected chi connectivity index (χ0v) is 19.6. The third kappa shape index (κ3) is 4.58. The van der Waals surface area contributed by atoms with Crippen molar-refractivity contribution in [2.24, 2.45) is 0 Å². The van der Waals surface area contributed by atoms with Crippen LogP contribution in [0.25, 0.3) is 28.2 Å². The molecule has 1 amide bonds. The largest absolute Gasteiger partial charge is 0.444 e. The number of nitrogens with zero attached hydrogens (tertiary/aromatic N) is 4. The van der Waals surface area contributed by atoms with Crippen LogP contribution in [0.15, 0.2) is 65.7 Å². The SMILES string of the molecule is Cc1cc(-c2nc(C(=O)Nc3cn4cc(C(C)(C)O)nc4cc3-c3cc(F)cc(F)c3)co2)ccn1. The molecule has 0 saturated carbocycles. The smallest absolute Gasteiger partial charge is 0.277 e. The molecule has 10 heteroatoms. The molecule has 1 aromatic carbocycles. The molecule has 0 atom stereocenters. The number of fused-ring (bicyclic) bond motifs is 1. The van der Waals surface area contributed by atoms with Gasteiger partial charge in [0.15, 0.2) is 5.69 Å². The fourth-order valence-corrected chi connectivity index (χ4v) is 3.75. The van der Waals surface area contributed by atoms with Crippen LogP contribution in [0.1, 0.15) is 35.7 Å². The molecule has 4 aromatic heterocycles. The standard InChI is InChI=1S/C26H21F2N5O3/c1-14-6-15(4-5-29-14)25-31-21(13-36-25)24(34)30-20-11-33-12-22(26(2,3)35)32-23(33)10-19(20)16-7-17(27)9-18(28)8-16/h4-13,35H,1-3H3,(H,30,34). The number of hydrogen-bond acceptors (Lipinski definition) is 6. The zero-order valence-electron chi connectivity index (χ0n) is 19.6. The number of aryl methyl sites for hydroxylation is 1. The van der Waals surface area contributed by atoms with Crippen LogP contribution in [-0.2, 0) is 5.60 Å². The number of benzene rings is 1. The summed E-state index contributed by atoms with van der Waals surface area (Å²) >= 11 is 0. The summed E-state index contributed by atoms with van der Waals surface area (Å²) in [7, 11) is 0. The van der Waals surface area contributed by atoms with Gasteiger partial charge in [0, 0.05) is 41.5 Å². The predicted octanol–water partition coefficient (Wildman–Crippen LogP) is 5.12. The maximum absolute atomic E-state index is 14.0. The molecule has 0 spiro atoms. The van der Waals surface area contributed by atoms with Crippen molar-refractivity contribution in [3.05, 3.63) is 90.0 Å². The molecule has 8 nitrogen and oxygen atoms in total. The Morgan fingerprint density at radius 2 is 1.81 bits per heavy atom. The second kappa shape index (κ2) is 8.65. The van der Waals surface area contributed by atoms with Crippen LogP contribution in [0.5, 0.6) is 0 Å². The lowest BCUT2D eigenvalue weighted by atomic mass is 10.0. The molecule has 0 aliphatic carbocycles. The summed E-state index contributed by atoms with van der Waals surface area (Å²) in [6.07, 6.45) is 6.01. The summed E-state index contributed by atoms with van der Waals surface area (Å²) in [6, 6.07) is 8.14. The second-order valence-electron chi connectivity index (χ2n) is 8.89. The quantitative estimate of drug-likeness (QED) is 0.355. The van der Waals surface area contributed by atoms with Crippen LogP contribution in [0.4, 0.5) is 14.5 Å². The van der Waals surface area contributed by atoms with Crippen LogP contribution in [0.3, 0.4) is 0 Å². The Bertz CT molecular complexity index is 1600. The van der Waals surface area contributed by atoms with Gasteiger partial charge >= 0.3 is 0 Å². The number of rotatable bonds is 5. The summed E-state index contributed by atoms with van der Waals surface area (Å²) in [4.78, 5) is 25.9. The zero-order chi connectivity index (χ0) is 25.6. The Hall–Kier alpha value is -4.44. The Balaban J connectivity index is 1.56. The van der Waals surface area contributed by atoms with Gasteiger partial charge in [-0.2, -0.15) is 0 Å². The molecule has 0 saturated heterocycles. The van der Waals surface area contributed by atoms with Gasteiger partial charge in [0.1, 0.15) is 29.1 Å². The Morgan fingerprint density at radius 3 is 2.50 bits per heavy atom. The van der Waals surface area contributed by atoms with Crippen molar-refractivity contribution < 1.29 is 23.1 Å². The first-order chi connectivity index (χ1) is 17.1. The van der Waals surface area contributed by atoms with Gasteiger partial charge in [0.05, 0.1) is 11.4 Å². The van der Waals surface area contributed by atoms with E-state index >= 15 is 0 Å². The number of nitrogens with one attached hydrogen (secondary N) is 1. The van der Waals surface area contributed by atoms with Crippen LogP contribution >= 0.6 is 0 Å². The first kappa shape index (κ1) is 23.3. The normalized spacial score (nSPS) is 11.7. The van der Waals surface area contributed by atoms with Crippen molar-refractivity contribution in [1.82, 2.24) is 19.4 Å². The van der Waals surface area contributed by atoms with E-state index in [0.29, 0.717) is 22.5 Å². The van der Waals surface area contributed by atoms with Crippen LogP contribution in [0, 0.1) is 18.6 Å². The van der Waals surface area contributed by atoms with Gasteiger partial charge in [-0.05, 0) is 56.7 Å². The molecular formula is C26H21F2N5O3. The van der Waals surface area contributed by atoms with Crippen molar-refractivity contribution in [1.29, 1.82) is 0 Å². The lowest BCUT2D eigenvalue weighted by Crippen LogP contribution is -2.15. The van der Waals surface area contributed by atoms with E-state index in [9.17, 15) is 18.7 Å². The molecule has 2 N–H and O–H groups in total. The van der Waals surface area contributed by atoms with Crippen LogP contribution in [-0.4, -0.2) is 30.4 Å². The number of amides is 1. The van der Waals surface area contributed by atoms with Crippen molar-refractivity contribution >= 4 is 17.2 Å². The number of aliphatic hydroxyl groups is 1. The highest BCUT2D eigenvalue weighted by molar-refractivity contribution is 6.05. The fraction of sp³-hybridized carbons (Fsp3) is 0.154. The molecule has 4 heterocycles. The van der Waals surface area contributed by atoms with Gasteiger partial charge in [-0.15, -0.1) is 0 Å². The number of anilines is 1. The molecule has 0 radical (unpaired) electrons. The van der Waals surface area contributed by atoms with Gasteiger partial charge in [-0.1, -0.05) is 0 Å². The second-order valence-corrected chi connectivity index (χ2v) is 8.89. The van der Waals surface area contributed by atoms with E-state index in [4.69, 9.17) is 4.42 Å². The van der Waals surface area contributed by atoms with Crippen molar-refractivity contribution in [3.63, 3.8) is 0 Å². The summed E-state index contributed by atoms with van der Waals surface area (Å²) in [5, 5.41) is 13.1. The van der Waals surface area contributed by atoms with E-state index in [1.807, 2.05) is 6.92 Å². The predicted molar refractivity (Wildman–Crippen MR) is 128 cm³/mol. The maximum Gasteiger partial charge on any atom is 0.277 e. The molecule has 182 valence electrons. The Kier molecular flexibility index (Phi) is 5.60. The lowest BCUT2D eigenvalue weighted by Gasteiger charge is -2.12. The molecular weight excluding hydrogens is 468 g/mol. The molecule has 0 unspecified atom stereocenters. The highest BCUT2D eigenvalue weighted by Gasteiger charge is 2.22. The minimum absolute atomic E-state index is 0.0127. The van der Waals surface area contributed by atoms with E-state index in [1.165, 1.54) is 6.26 Å². The summed E-state index contributed by atoms with van der Waals surface area (Å²) in [5.74, 6) is -1.87. The van der Waals surface area contributed by atoms with Crippen LogP contribution < -0.4 is 5.32 Å². The average molecular weight is 489 g/mol. The minimum Gasteiger partial charge on any atom is -0.444 e. The number of halogens is 2. The molecule has 0 bridgehead atoms. The Labute approximate surface area is 204 Å². The van der Waals surface area contributed by atoms with Gasteiger partial charge < -0.3 is 19.2 Å². The maximum atomic E-state index is 14.0. The number of carbonyl (C=O) groups is 1. The monoisotopic (exact) mass is 489 g/mol. The van der Waals surface area contributed by atoms with E-state index in [2.05, 4.69) is 20.3 Å². The first-order valence-electron chi connectivity index (χ1n) is 11.0. The molecule has 36 heavy (non-hydrogen) atoms. The van der Waals surface area contributed by atoms with Gasteiger partial charge in [-0.3, -0.25) is 9.78 Å². The highest BCUT2D eigenvalue weighted by atomic mass is 19.1. The van der Waals surface area contributed by atoms with Crippen molar-refractivity contribution in [2.45, 2.75) is 26.4 Å². The van der Waals surface area contributed by atoms with E-state index in [0.717, 1.165) is 23.9 Å². The summed E-state index contributed by atoms with van der Waals surface area (Å²) < 4.78 is 35.1. The molecule has 0 aliphatic heterocycles. The van der Waals surface area contributed by atoms with E-state index in [-0.39, 0.29) is 22.8 Å². The first-order valence-corrected chi connectivity index (χ1v) is 11.0. The Morgan fingerprint density at radius 1 is 1.06 bits per heavy atom. The fourth-order valence-electron chi connectivity index (χ4n) is 3.75. The number of oxazole rings is 1. The minimum atomic E-state index is -1.22. The third-order valence-corrected chi connectivity index (χ3v) is 5.52. The third-order valence-electron chi connectivity index (χ3n) is 5.52. The number of aromatic nitrogens is 4. The molecule has 0 aliphatic rings. The number of hydrogen-bond donors (Lipinski definition) is 2. The topological polar surface area (TPSA) is 106 Å². The lowest BCUT2D eigenvalue weighted by molar-refractivity contribution is 0.0744. The summed E-state index contributed by atoms with van der Waals surface area (Å²) in [5.41, 5.74) is 1.81. The number of pyridine rings is 2. The van der Waals surface area contributed by atoms with Gasteiger partial charge in [0.2, 0.25) is 5.89 Å². The van der Waals surface area contributed by atoms with E-state index in [1.54, 1.807) is 55.0 Å². The van der Waals surface area contributed by atoms with Crippen LogP contribution in [0.2, 0.25) is 0 Å². The summed E-state index contributed by atoms with van der Waals surface area (Å²) in [6.45, 7) is 5.01. The molecule has 5 aromatic rings.